The van der Waals surface area contributed by atoms with Gasteiger partial charge in [-0.25, -0.2) is 0 Å². The Hall–Kier alpha value is -4.30. The van der Waals surface area contributed by atoms with Gasteiger partial charge in [0.2, 0.25) is 5.82 Å². The van der Waals surface area contributed by atoms with Crippen molar-refractivity contribution in [3.8, 4) is 23.0 Å². The normalized spacial score (nSPS) is 10.8. The molecule has 2 aromatic heterocycles. The molecule has 2 heterocycles. The van der Waals surface area contributed by atoms with Crippen LogP contribution in [0, 0.1) is 6.92 Å². The minimum atomic E-state index is -0.171. The van der Waals surface area contributed by atoms with Crippen LogP contribution in [0.4, 0.5) is 5.69 Å². The van der Waals surface area contributed by atoms with Crippen LogP contribution in [0.15, 0.2) is 101 Å². The molecule has 0 atom stereocenters. The summed E-state index contributed by atoms with van der Waals surface area (Å²) in [5.74, 6) is 2.47. The van der Waals surface area contributed by atoms with Gasteiger partial charge in [-0.1, -0.05) is 36.0 Å². The van der Waals surface area contributed by atoms with Gasteiger partial charge in [-0.15, -0.1) is 10.2 Å². The van der Waals surface area contributed by atoms with Gasteiger partial charge >= 0.3 is 0 Å². The SMILES string of the molecule is COc1ccc(NC(=O)c2cccc(CSc3nnc(-c4ccco4)n3-c3cccc(C)c3)c2)cc1. The number of carbonyl (C=O) groups excluding carboxylic acids is 1. The molecule has 36 heavy (non-hydrogen) atoms. The summed E-state index contributed by atoms with van der Waals surface area (Å²) in [7, 11) is 1.61. The first-order chi connectivity index (χ1) is 17.6. The summed E-state index contributed by atoms with van der Waals surface area (Å²) in [4.78, 5) is 12.8. The standard InChI is InChI=1S/C28H24N4O3S/c1-19-6-3-9-23(16-19)32-26(25-10-5-15-35-25)30-31-28(32)36-18-20-7-4-8-21(17-20)27(33)29-22-11-13-24(34-2)14-12-22/h3-17H,18H2,1-2H3,(H,29,33). The number of benzene rings is 3. The van der Waals surface area contributed by atoms with Gasteiger partial charge in [0.1, 0.15) is 5.75 Å². The number of anilines is 1. The molecule has 0 aliphatic rings. The van der Waals surface area contributed by atoms with E-state index in [0.29, 0.717) is 28.6 Å². The fraction of sp³-hybridized carbons (Fsp3) is 0.107. The molecule has 1 N–H and O–H groups in total. The van der Waals surface area contributed by atoms with E-state index >= 15 is 0 Å². The Morgan fingerprint density at radius 3 is 2.58 bits per heavy atom. The number of rotatable bonds is 8. The van der Waals surface area contributed by atoms with Crippen molar-refractivity contribution in [2.45, 2.75) is 17.8 Å². The minimum Gasteiger partial charge on any atom is -0.497 e. The summed E-state index contributed by atoms with van der Waals surface area (Å²) in [5, 5.41) is 12.5. The lowest BCUT2D eigenvalue weighted by Crippen LogP contribution is -2.12. The van der Waals surface area contributed by atoms with E-state index in [1.165, 1.54) is 0 Å². The lowest BCUT2D eigenvalue weighted by Gasteiger charge is -2.10. The van der Waals surface area contributed by atoms with Crippen LogP contribution in [0.1, 0.15) is 21.5 Å². The third kappa shape index (κ3) is 5.18. The van der Waals surface area contributed by atoms with Gasteiger partial charge in [-0.2, -0.15) is 0 Å². The Bertz CT molecular complexity index is 1480. The molecule has 5 aromatic rings. The number of carbonyl (C=O) groups is 1. The van der Waals surface area contributed by atoms with Crippen molar-refractivity contribution < 1.29 is 13.9 Å². The number of hydrogen-bond acceptors (Lipinski definition) is 6. The fourth-order valence-electron chi connectivity index (χ4n) is 3.76. The van der Waals surface area contributed by atoms with Crippen LogP contribution in [0.2, 0.25) is 0 Å². The van der Waals surface area contributed by atoms with E-state index in [9.17, 15) is 4.79 Å². The molecule has 3 aromatic carbocycles. The van der Waals surface area contributed by atoms with Crippen molar-refractivity contribution in [1.82, 2.24) is 14.8 Å². The molecule has 7 nitrogen and oxygen atoms in total. The predicted molar refractivity (Wildman–Crippen MR) is 141 cm³/mol. The summed E-state index contributed by atoms with van der Waals surface area (Å²) in [6, 6.07) is 26.7. The monoisotopic (exact) mass is 496 g/mol. The second-order valence-corrected chi connectivity index (χ2v) is 9.07. The van der Waals surface area contributed by atoms with Crippen LogP contribution >= 0.6 is 11.8 Å². The highest BCUT2D eigenvalue weighted by Gasteiger charge is 2.18. The topological polar surface area (TPSA) is 82.2 Å². The lowest BCUT2D eigenvalue weighted by atomic mass is 10.1. The Balaban J connectivity index is 1.35. The first-order valence-electron chi connectivity index (χ1n) is 11.3. The summed E-state index contributed by atoms with van der Waals surface area (Å²) >= 11 is 1.55. The molecule has 0 spiro atoms. The highest BCUT2D eigenvalue weighted by atomic mass is 32.2. The third-order valence-corrected chi connectivity index (χ3v) is 6.54. The molecule has 180 valence electrons. The summed E-state index contributed by atoms with van der Waals surface area (Å²) in [5.41, 5.74) is 4.39. The van der Waals surface area contributed by atoms with Crippen LogP contribution in [-0.4, -0.2) is 27.8 Å². The second-order valence-electron chi connectivity index (χ2n) is 8.13. The quantitative estimate of drug-likeness (QED) is 0.251. The maximum Gasteiger partial charge on any atom is 0.255 e. The van der Waals surface area contributed by atoms with Crippen molar-refractivity contribution in [3.05, 3.63) is 108 Å². The smallest absolute Gasteiger partial charge is 0.255 e. The zero-order valence-corrected chi connectivity index (χ0v) is 20.7. The Kier molecular flexibility index (Phi) is 6.86. The number of aromatic nitrogens is 3. The van der Waals surface area contributed by atoms with E-state index in [-0.39, 0.29) is 5.91 Å². The van der Waals surface area contributed by atoms with Crippen molar-refractivity contribution in [1.29, 1.82) is 0 Å². The van der Waals surface area contributed by atoms with Crippen LogP contribution in [0.3, 0.4) is 0 Å². The highest BCUT2D eigenvalue weighted by molar-refractivity contribution is 7.98. The zero-order valence-electron chi connectivity index (χ0n) is 19.8. The van der Waals surface area contributed by atoms with Gasteiger partial charge in [0, 0.05) is 17.0 Å². The molecule has 0 aliphatic heterocycles. The molecule has 1 amide bonds. The molecular weight excluding hydrogens is 472 g/mol. The third-order valence-electron chi connectivity index (χ3n) is 5.54. The zero-order chi connectivity index (χ0) is 24.9. The average molecular weight is 497 g/mol. The number of ether oxygens (including phenoxy) is 1. The number of furan rings is 1. The largest absolute Gasteiger partial charge is 0.497 e. The molecule has 0 aliphatic carbocycles. The minimum absolute atomic E-state index is 0.171. The number of thioether (sulfide) groups is 1. The van der Waals surface area contributed by atoms with Crippen molar-refractivity contribution in [3.63, 3.8) is 0 Å². The first kappa shape index (κ1) is 23.4. The Morgan fingerprint density at radius 2 is 1.83 bits per heavy atom. The van der Waals surface area contributed by atoms with Gasteiger partial charge in [-0.05, 0) is 78.7 Å². The van der Waals surface area contributed by atoms with Crippen molar-refractivity contribution in [2.75, 3.05) is 12.4 Å². The van der Waals surface area contributed by atoms with Gasteiger partial charge in [0.25, 0.3) is 5.91 Å². The van der Waals surface area contributed by atoms with Crippen LogP contribution < -0.4 is 10.1 Å². The molecule has 5 rings (SSSR count). The molecule has 0 saturated heterocycles. The van der Waals surface area contributed by atoms with E-state index in [1.54, 1.807) is 31.2 Å². The molecule has 0 saturated carbocycles. The van der Waals surface area contributed by atoms with Crippen molar-refractivity contribution >= 4 is 23.4 Å². The summed E-state index contributed by atoms with van der Waals surface area (Å²) in [6.45, 7) is 2.05. The first-order valence-corrected chi connectivity index (χ1v) is 12.3. The van der Waals surface area contributed by atoms with Gasteiger partial charge in [-0.3, -0.25) is 9.36 Å². The Labute approximate surface area is 213 Å². The molecule has 0 radical (unpaired) electrons. The highest BCUT2D eigenvalue weighted by Crippen LogP contribution is 2.30. The average Bonchev–Trinajstić information content (AvgIpc) is 3.58. The number of nitrogens with one attached hydrogen (secondary N) is 1. The summed E-state index contributed by atoms with van der Waals surface area (Å²) < 4.78 is 12.8. The van der Waals surface area contributed by atoms with Crippen LogP contribution in [0.5, 0.6) is 5.75 Å². The van der Waals surface area contributed by atoms with Gasteiger partial charge in [0.05, 0.1) is 19.1 Å². The maximum absolute atomic E-state index is 12.8. The molecular formula is C28H24N4O3S. The molecule has 8 heteroatoms. The van der Waals surface area contributed by atoms with E-state index in [0.717, 1.165) is 27.7 Å². The van der Waals surface area contributed by atoms with Crippen molar-refractivity contribution in [2.24, 2.45) is 0 Å². The number of amides is 1. The number of methoxy groups -OCH3 is 1. The number of nitrogens with zero attached hydrogens (tertiary/aromatic N) is 3. The van der Waals surface area contributed by atoms with E-state index < -0.39 is 0 Å². The van der Waals surface area contributed by atoms with Crippen LogP contribution in [0.25, 0.3) is 17.3 Å². The van der Waals surface area contributed by atoms with E-state index in [2.05, 4.69) is 34.6 Å². The number of hydrogen-bond donors (Lipinski definition) is 1. The van der Waals surface area contributed by atoms with E-state index in [1.807, 2.05) is 71.3 Å². The van der Waals surface area contributed by atoms with Gasteiger partial charge in [0.15, 0.2) is 10.9 Å². The summed E-state index contributed by atoms with van der Waals surface area (Å²) in [6.07, 6.45) is 1.62. The lowest BCUT2D eigenvalue weighted by molar-refractivity contribution is 0.102. The Morgan fingerprint density at radius 1 is 1.00 bits per heavy atom. The number of aryl methyl sites for hydroxylation is 1. The van der Waals surface area contributed by atoms with Gasteiger partial charge < -0.3 is 14.5 Å². The fourth-order valence-corrected chi connectivity index (χ4v) is 4.65. The maximum atomic E-state index is 12.8. The second kappa shape index (κ2) is 10.5. The van der Waals surface area contributed by atoms with E-state index in [4.69, 9.17) is 9.15 Å². The molecule has 0 fully saturated rings. The molecule has 0 bridgehead atoms. The predicted octanol–water partition coefficient (Wildman–Crippen LogP) is 6.39. The molecule has 0 unspecified atom stereocenters. The van der Waals surface area contributed by atoms with Crippen LogP contribution in [-0.2, 0) is 5.75 Å².